The van der Waals surface area contributed by atoms with E-state index in [0.29, 0.717) is 10.8 Å². The largest absolute Gasteiger partial charge is 0.0786 e. The number of allylic oxidation sites excluding steroid dienone is 4. The predicted octanol–water partition coefficient (Wildman–Crippen LogP) is 5.51. The molecule has 1 aliphatic carbocycles. The maximum Gasteiger partial charge on any atom is -0.0104 e. The molecule has 0 bridgehead atoms. The highest BCUT2D eigenvalue weighted by molar-refractivity contribution is 5.33. The van der Waals surface area contributed by atoms with E-state index in [0.717, 1.165) is 0 Å². The minimum absolute atomic E-state index is 0.334. The van der Waals surface area contributed by atoms with Crippen LogP contribution in [0.2, 0.25) is 0 Å². The van der Waals surface area contributed by atoms with Crippen LogP contribution in [0.3, 0.4) is 0 Å². The summed E-state index contributed by atoms with van der Waals surface area (Å²) < 4.78 is 0. The van der Waals surface area contributed by atoms with Gasteiger partial charge in [-0.1, -0.05) is 52.3 Å². The summed E-state index contributed by atoms with van der Waals surface area (Å²) in [7, 11) is 0. The van der Waals surface area contributed by atoms with Crippen LogP contribution in [0.15, 0.2) is 23.3 Å². The van der Waals surface area contributed by atoms with Crippen molar-refractivity contribution >= 4 is 0 Å². The van der Waals surface area contributed by atoms with Gasteiger partial charge in [-0.05, 0) is 49.0 Å². The van der Waals surface area contributed by atoms with Gasteiger partial charge in [0.1, 0.15) is 0 Å². The summed E-state index contributed by atoms with van der Waals surface area (Å²) in [4.78, 5) is 0. The van der Waals surface area contributed by atoms with E-state index in [1.165, 1.54) is 25.7 Å². The second-order valence-corrected chi connectivity index (χ2v) is 6.61. The van der Waals surface area contributed by atoms with Gasteiger partial charge in [-0.2, -0.15) is 0 Å². The van der Waals surface area contributed by atoms with Crippen molar-refractivity contribution in [2.75, 3.05) is 0 Å². The molecule has 1 rings (SSSR count). The van der Waals surface area contributed by atoms with Crippen molar-refractivity contribution < 1.29 is 0 Å². The summed E-state index contributed by atoms with van der Waals surface area (Å²) in [6.45, 7) is 14.0. The van der Waals surface area contributed by atoms with E-state index in [9.17, 15) is 0 Å². The predicted molar refractivity (Wildman–Crippen MR) is 73.5 cm³/mol. The van der Waals surface area contributed by atoms with E-state index >= 15 is 0 Å². The smallest absolute Gasteiger partial charge is 0.0104 e. The second-order valence-electron chi connectivity index (χ2n) is 6.61. The molecular weight excluding hydrogens is 192 g/mol. The van der Waals surface area contributed by atoms with Crippen molar-refractivity contribution in [3.8, 4) is 0 Å². The number of hydrogen-bond donors (Lipinski definition) is 0. The zero-order chi connectivity index (χ0) is 12.4. The fraction of sp³-hybridized carbons (Fsp3) is 0.750. The van der Waals surface area contributed by atoms with Gasteiger partial charge in [0, 0.05) is 0 Å². The fourth-order valence-electron chi connectivity index (χ4n) is 2.44. The highest BCUT2D eigenvalue weighted by atomic mass is 14.3. The van der Waals surface area contributed by atoms with Gasteiger partial charge in [-0.3, -0.25) is 0 Å². The van der Waals surface area contributed by atoms with E-state index in [1.807, 2.05) is 0 Å². The molecule has 0 spiro atoms. The van der Waals surface area contributed by atoms with Crippen molar-refractivity contribution in [1.82, 2.24) is 0 Å². The third kappa shape index (κ3) is 3.23. The van der Waals surface area contributed by atoms with Crippen molar-refractivity contribution in [2.45, 2.75) is 67.2 Å². The first-order chi connectivity index (χ1) is 7.28. The van der Waals surface area contributed by atoms with Gasteiger partial charge in [0.25, 0.3) is 0 Å². The Morgan fingerprint density at radius 2 is 1.94 bits per heavy atom. The van der Waals surface area contributed by atoms with E-state index < -0.39 is 0 Å². The minimum Gasteiger partial charge on any atom is -0.0786 e. The summed E-state index contributed by atoms with van der Waals surface area (Å²) in [5, 5.41) is 0. The molecule has 0 N–H and O–H groups in total. The molecule has 92 valence electrons. The maximum absolute atomic E-state index is 2.40. The highest BCUT2D eigenvalue weighted by Crippen LogP contribution is 2.41. The van der Waals surface area contributed by atoms with Crippen LogP contribution in [-0.4, -0.2) is 0 Å². The van der Waals surface area contributed by atoms with Crippen LogP contribution in [0.1, 0.15) is 67.2 Å². The Labute approximate surface area is 102 Å². The van der Waals surface area contributed by atoms with Crippen LogP contribution in [0.25, 0.3) is 0 Å². The summed E-state index contributed by atoms with van der Waals surface area (Å²) >= 11 is 0. The van der Waals surface area contributed by atoms with Crippen LogP contribution in [0.5, 0.6) is 0 Å². The average Bonchev–Trinajstić information content (AvgIpc) is 2.16. The molecule has 16 heavy (non-hydrogen) atoms. The monoisotopic (exact) mass is 220 g/mol. The first-order valence-corrected chi connectivity index (χ1v) is 6.68. The Morgan fingerprint density at radius 3 is 2.44 bits per heavy atom. The minimum atomic E-state index is 0.334. The van der Waals surface area contributed by atoms with Crippen LogP contribution in [-0.2, 0) is 0 Å². The zero-order valence-corrected chi connectivity index (χ0v) is 12.0. The van der Waals surface area contributed by atoms with Crippen molar-refractivity contribution in [3.63, 3.8) is 0 Å². The van der Waals surface area contributed by atoms with E-state index in [-0.39, 0.29) is 0 Å². The molecule has 0 unspecified atom stereocenters. The Balaban J connectivity index is 2.94. The lowest BCUT2D eigenvalue weighted by molar-refractivity contribution is 0.375. The van der Waals surface area contributed by atoms with E-state index in [2.05, 4.69) is 53.7 Å². The summed E-state index contributed by atoms with van der Waals surface area (Å²) in [6.07, 6.45) is 9.98. The molecule has 0 aromatic rings. The summed E-state index contributed by atoms with van der Waals surface area (Å²) in [5.41, 5.74) is 3.89. The van der Waals surface area contributed by atoms with Gasteiger partial charge < -0.3 is 0 Å². The van der Waals surface area contributed by atoms with Gasteiger partial charge >= 0.3 is 0 Å². The molecule has 0 heteroatoms. The SMILES string of the molecule is CCC(C)(C)/C=C/C1=C(C)CCCC1(C)C. The van der Waals surface area contributed by atoms with E-state index in [4.69, 9.17) is 0 Å². The lowest BCUT2D eigenvalue weighted by Gasteiger charge is -2.33. The van der Waals surface area contributed by atoms with Crippen LogP contribution < -0.4 is 0 Å². The molecule has 0 nitrogen and oxygen atoms in total. The Hall–Kier alpha value is -0.520. The summed E-state index contributed by atoms with van der Waals surface area (Å²) in [5.74, 6) is 0. The topological polar surface area (TPSA) is 0 Å². The third-order valence-electron chi connectivity index (χ3n) is 4.15. The fourth-order valence-corrected chi connectivity index (χ4v) is 2.44. The van der Waals surface area contributed by atoms with Crippen molar-refractivity contribution in [2.24, 2.45) is 10.8 Å². The normalized spacial score (nSPS) is 21.9. The quantitative estimate of drug-likeness (QED) is 0.588. The third-order valence-corrected chi connectivity index (χ3v) is 4.15. The van der Waals surface area contributed by atoms with Crippen molar-refractivity contribution in [1.29, 1.82) is 0 Å². The molecule has 1 aliphatic rings. The second kappa shape index (κ2) is 4.77. The average molecular weight is 220 g/mol. The van der Waals surface area contributed by atoms with Crippen LogP contribution in [0, 0.1) is 10.8 Å². The molecule has 0 aromatic carbocycles. The molecule has 0 saturated carbocycles. The standard InChI is InChI=1S/C16H28/c1-7-15(3,4)12-10-14-13(2)9-8-11-16(14,5)6/h10,12H,7-9,11H2,1-6H3/b12-10+. The molecule has 0 atom stereocenters. The number of hydrogen-bond acceptors (Lipinski definition) is 0. The Morgan fingerprint density at radius 1 is 1.31 bits per heavy atom. The molecule has 0 aliphatic heterocycles. The van der Waals surface area contributed by atoms with Crippen LogP contribution >= 0.6 is 0 Å². The molecular formula is C16H28. The lowest BCUT2D eigenvalue weighted by atomic mass is 9.72. The molecule has 0 saturated heterocycles. The molecule has 0 fully saturated rings. The first-order valence-electron chi connectivity index (χ1n) is 6.68. The van der Waals surface area contributed by atoms with Gasteiger partial charge in [0.2, 0.25) is 0 Å². The molecule has 0 aromatic heterocycles. The molecule has 0 heterocycles. The van der Waals surface area contributed by atoms with Gasteiger partial charge in [-0.15, -0.1) is 0 Å². The Kier molecular flexibility index (Phi) is 4.04. The van der Waals surface area contributed by atoms with Gasteiger partial charge in [0.05, 0.1) is 0 Å². The van der Waals surface area contributed by atoms with Gasteiger partial charge in [-0.25, -0.2) is 0 Å². The lowest BCUT2D eigenvalue weighted by Crippen LogP contribution is -2.19. The highest BCUT2D eigenvalue weighted by Gasteiger charge is 2.26. The zero-order valence-electron chi connectivity index (χ0n) is 12.0. The van der Waals surface area contributed by atoms with Gasteiger partial charge in [0.15, 0.2) is 0 Å². The van der Waals surface area contributed by atoms with Crippen LogP contribution in [0.4, 0.5) is 0 Å². The number of rotatable bonds is 3. The molecule has 0 radical (unpaired) electrons. The first kappa shape index (κ1) is 13.5. The van der Waals surface area contributed by atoms with Crippen molar-refractivity contribution in [3.05, 3.63) is 23.3 Å². The summed E-state index contributed by atoms with van der Waals surface area (Å²) in [6, 6.07) is 0. The molecule has 0 amide bonds. The van der Waals surface area contributed by atoms with E-state index in [1.54, 1.807) is 11.1 Å². The Bertz CT molecular complexity index is 300. The maximum atomic E-state index is 2.40.